The van der Waals surface area contributed by atoms with Crippen LogP contribution in [0.2, 0.25) is 0 Å². The highest BCUT2D eigenvalue weighted by molar-refractivity contribution is 5.48. The van der Waals surface area contributed by atoms with Gasteiger partial charge in [-0.25, -0.2) is 0 Å². The van der Waals surface area contributed by atoms with Crippen LogP contribution in [-0.4, -0.2) is 0 Å². The fourth-order valence-electron chi connectivity index (χ4n) is 3.15. The molecule has 2 unspecified atom stereocenters. The minimum absolute atomic E-state index is 0.602. The number of aryl methyl sites for hydroxylation is 1. The Morgan fingerprint density at radius 3 is 3.07 bits per heavy atom. The van der Waals surface area contributed by atoms with Gasteiger partial charge >= 0.3 is 0 Å². The quantitative estimate of drug-likeness (QED) is 0.592. The summed E-state index contributed by atoms with van der Waals surface area (Å²) in [7, 11) is 0. The van der Waals surface area contributed by atoms with Crippen LogP contribution >= 0.6 is 0 Å². The minimum Gasteiger partial charge on any atom is -0.0952 e. The highest BCUT2D eigenvalue weighted by Crippen LogP contribution is 2.47. The fraction of sp³-hybridized carbons (Fsp3) is 0.333. The molecule has 0 heterocycles. The van der Waals surface area contributed by atoms with Crippen molar-refractivity contribution >= 4 is 0 Å². The summed E-state index contributed by atoms with van der Waals surface area (Å²) in [4.78, 5) is 0. The summed E-state index contributed by atoms with van der Waals surface area (Å²) in [5, 5.41) is 0. The molecule has 1 aromatic carbocycles. The van der Waals surface area contributed by atoms with Crippen LogP contribution in [0.15, 0.2) is 42.5 Å². The largest absolute Gasteiger partial charge is 0.0952 e. The van der Waals surface area contributed by atoms with Gasteiger partial charge in [0, 0.05) is 5.92 Å². The lowest BCUT2D eigenvalue weighted by Crippen LogP contribution is -2.11. The number of benzene rings is 1. The van der Waals surface area contributed by atoms with Crippen LogP contribution in [0.4, 0.5) is 0 Å². The van der Waals surface area contributed by atoms with E-state index < -0.39 is 0 Å². The summed E-state index contributed by atoms with van der Waals surface area (Å²) in [5.74, 6) is 1.38. The zero-order valence-corrected chi connectivity index (χ0v) is 9.16. The maximum absolute atomic E-state index is 4.20. The van der Waals surface area contributed by atoms with Crippen LogP contribution in [0.1, 0.15) is 29.0 Å². The van der Waals surface area contributed by atoms with Crippen LogP contribution in [0.25, 0.3) is 0 Å². The van der Waals surface area contributed by atoms with E-state index in [-0.39, 0.29) is 0 Å². The van der Waals surface area contributed by atoms with Crippen LogP contribution in [-0.2, 0) is 6.42 Å². The maximum atomic E-state index is 4.20. The number of hydrogen-bond donors (Lipinski definition) is 0. The molecule has 0 fully saturated rings. The van der Waals surface area contributed by atoms with Crippen molar-refractivity contribution in [3.63, 3.8) is 0 Å². The predicted octanol–water partition coefficient (Wildman–Crippen LogP) is 3.77. The molecular formula is C15H16. The molecule has 15 heavy (non-hydrogen) atoms. The van der Waals surface area contributed by atoms with Gasteiger partial charge in [0.2, 0.25) is 0 Å². The first-order valence-electron chi connectivity index (χ1n) is 5.71. The van der Waals surface area contributed by atoms with Crippen LogP contribution in [0.3, 0.4) is 0 Å². The number of allylic oxidation sites excluding steroid dienone is 3. The van der Waals surface area contributed by atoms with Gasteiger partial charge in [-0.05, 0) is 47.9 Å². The van der Waals surface area contributed by atoms with E-state index in [1.807, 2.05) is 0 Å². The molecule has 0 aliphatic heterocycles. The van der Waals surface area contributed by atoms with Gasteiger partial charge in [0.15, 0.2) is 0 Å². The standard InChI is InChI=1S/C15H16/c1-10-5-4-8-13-14(10)9-12-7-3-6-11(2)15(12)13/h3-6,8,12,15H,2,7,9H2,1H3. The Morgan fingerprint density at radius 1 is 1.33 bits per heavy atom. The second kappa shape index (κ2) is 3.10. The van der Waals surface area contributed by atoms with E-state index in [1.54, 1.807) is 5.56 Å². The van der Waals surface area contributed by atoms with Crippen LogP contribution in [0.5, 0.6) is 0 Å². The molecule has 0 saturated carbocycles. The lowest BCUT2D eigenvalue weighted by molar-refractivity contribution is 0.499. The number of rotatable bonds is 0. The SMILES string of the molecule is C=C1C=CCC2Cc3c(C)cccc3C12. The topological polar surface area (TPSA) is 0 Å². The highest BCUT2D eigenvalue weighted by atomic mass is 14.4. The molecule has 0 N–H and O–H groups in total. The third-order valence-electron chi connectivity index (χ3n) is 3.89. The van der Waals surface area contributed by atoms with E-state index in [1.165, 1.54) is 29.5 Å². The second-order valence-electron chi connectivity index (χ2n) is 4.80. The van der Waals surface area contributed by atoms with Gasteiger partial charge in [-0.15, -0.1) is 0 Å². The molecule has 3 rings (SSSR count). The van der Waals surface area contributed by atoms with Gasteiger partial charge in [0.1, 0.15) is 0 Å². The smallest absolute Gasteiger partial charge is 0.0121 e. The molecule has 1 aromatic rings. The van der Waals surface area contributed by atoms with E-state index in [0.29, 0.717) is 5.92 Å². The van der Waals surface area contributed by atoms with Gasteiger partial charge in [-0.1, -0.05) is 36.9 Å². The first kappa shape index (κ1) is 8.96. The molecule has 0 radical (unpaired) electrons. The third-order valence-corrected chi connectivity index (χ3v) is 3.89. The lowest BCUT2D eigenvalue weighted by Gasteiger charge is -2.23. The number of hydrogen-bond acceptors (Lipinski definition) is 0. The molecule has 0 amide bonds. The normalized spacial score (nSPS) is 27.7. The summed E-state index contributed by atoms with van der Waals surface area (Å²) in [5.41, 5.74) is 5.87. The van der Waals surface area contributed by atoms with Crippen LogP contribution < -0.4 is 0 Å². The summed E-state index contributed by atoms with van der Waals surface area (Å²) in [6.45, 7) is 6.43. The van der Waals surface area contributed by atoms with Gasteiger partial charge in [0.05, 0.1) is 0 Å². The van der Waals surface area contributed by atoms with Crippen molar-refractivity contribution in [3.8, 4) is 0 Å². The van der Waals surface area contributed by atoms with Crippen molar-refractivity contribution < 1.29 is 0 Å². The molecular weight excluding hydrogens is 180 g/mol. The van der Waals surface area contributed by atoms with Crippen molar-refractivity contribution in [2.75, 3.05) is 0 Å². The maximum Gasteiger partial charge on any atom is 0.0121 e. The van der Waals surface area contributed by atoms with Gasteiger partial charge < -0.3 is 0 Å². The van der Waals surface area contributed by atoms with E-state index in [0.717, 1.165) is 5.92 Å². The molecule has 0 aromatic heterocycles. The van der Waals surface area contributed by atoms with E-state index >= 15 is 0 Å². The molecule has 0 saturated heterocycles. The molecule has 0 nitrogen and oxygen atoms in total. The van der Waals surface area contributed by atoms with Crippen molar-refractivity contribution in [2.45, 2.75) is 25.7 Å². The zero-order chi connectivity index (χ0) is 10.4. The molecule has 0 heteroatoms. The van der Waals surface area contributed by atoms with Crippen LogP contribution in [0, 0.1) is 12.8 Å². The van der Waals surface area contributed by atoms with Gasteiger partial charge in [-0.2, -0.15) is 0 Å². The van der Waals surface area contributed by atoms with Crippen molar-refractivity contribution in [1.82, 2.24) is 0 Å². The fourth-order valence-corrected chi connectivity index (χ4v) is 3.15. The molecule has 76 valence electrons. The van der Waals surface area contributed by atoms with Gasteiger partial charge in [-0.3, -0.25) is 0 Å². The van der Waals surface area contributed by atoms with E-state index in [4.69, 9.17) is 0 Å². The Bertz CT molecular complexity index is 451. The highest BCUT2D eigenvalue weighted by Gasteiger charge is 2.34. The van der Waals surface area contributed by atoms with Crippen molar-refractivity contribution in [2.24, 2.45) is 5.92 Å². The Balaban J connectivity index is 2.15. The van der Waals surface area contributed by atoms with Crippen molar-refractivity contribution in [1.29, 1.82) is 0 Å². The Kier molecular flexibility index (Phi) is 1.85. The van der Waals surface area contributed by atoms with E-state index in [2.05, 4.69) is 43.9 Å². The van der Waals surface area contributed by atoms with Gasteiger partial charge in [0.25, 0.3) is 0 Å². The average molecular weight is 196 g/mol. The molecule has 2 atom stereocenters. The Morgan fingerprint density at radius 2 is 2.20 bits per heavy atom. The lowest BCUT2D eigenvalue weighted by atomic mass is 9.81. The molecule has 0 bridgehead atoms. The molecule has 2 aliphatic carbocycles. The third kappa shape index (κ3) is 1.21. The summed E-state index contributed by atoms with van der Waals surface area (Å²) < 4.78 is 0. The predicted molar refractivity (Wildman–Crippen MR) is 64.0 cm³/mol. The first-order chi connectivity index (χ1) is 7.27. The summed E-state index contributed by atoms with van der Waals surface area (Å²) in [6, 6.07) is 6.70. The summed E-state index contributed by atoms with van der Waals surface area (Å²) in [6.07, 6.45) is 6.96. The van der Waals surface area contributed by atoms with Crippen molar-refractivity contribution in [3.05, 3.63) is 59.2 Å². The van der Waals surface area contributed by atoms with E-state index in [9.17, 15) is 0 Å². The Hall–Kier alpha value is -1.30. The molecule has 0 spiro atoms. The minimum atomic E-state index is 0.602. The number of fused-ring (bicyclic) bond motifs is 3. The monoisotopic (exact) mass is 196 g/mol. The first-order valence-corrected chi connectivity index (χ1v) is 5.71. The summed E-state index contributed by atoms with van der Waals surface area (Å²) >= 11 is 0. The average Bonchev–Trinajstić information content (AvgIpc) is 2.59. The molecule has 2 aliphatic rings. The Labute approximate surface area is 91.3 Å². The zero-order valence-electron chi connectivity index (χ0n) is 9.16. The second-order valence-corrected chi connectivity index (χ2v) is 4.80.